The second-order valence-electron chi connectivity index (χ2n) is 8.36. The van der Waals surface area contributed by atoms with E-state index in [2.05, 4.69) is 84.0 Å². The molecule has 0 aromatic heterocycles. The molecule has 0 N–H and O–H groups in total. The zero-order valence-electron chi connectivity index (χ0n) is 15.5. The molecule has 0 saturated heterocycles. The average Bonchev–Trinajstić information content (AvgIpc) is 3.20. The van der Waals surface area contributed by atoms with Crippen molar-refractivity contribution in [3.05, 3.63) is 64.8 Å². The van der Waals surface area contributed by atoms with Crippen LogP contribution < -0.4 is 0 Å². The van der Waals surface area contributed by atoms with Gasteiger partial charge in [0.15, 0.2) is 0 Å². The number of benzene rings is 1. The summed E-state index contributed by atoms with van der Waals surface area (Å²) in [5.74, 6) is 0.677. The second kappa shape index (κ2) is 5.51. The molecule has 0 spiro atoms. The van der Waals surface area contributed by atoms with Crippen LogP contribution in [0.1, 0.15) is 71.1 Å². The molecule has 1 aromatic carbocycles. The minimum Gasteiger partial charge on any atom is -0.0847 e. The van der Waals surface area contributed by atoms with Gasteiger partial charge in [-0.3, -0.25) is 0 Å². The van der Waals surface area contributed by atoms with Crippen molar-refractivity contribution in [1.82, 2.24) is 0 Å². The van der Waals surface area contributed by atoms with Crippen molar-refractivity contribution in [1.29, 1.82) is 0 Å². The van der Waals surface area contributed by atoms with Gasteiger partial charge in [0.1, 0.15) is 0 Å². The first kappa shape index (κ1) is 16.3. The van der Waals surface area contributed by atoms with Gasteiger partial charge in [0.05, 0.1) is 0 Å². The van der Waals surface area contributed by atoms with E-state index in [1.54, 1.807) is 0 Å². The maximum atomic E-state index is 2.47. The largest absolute Gasteiger partial charge is 0.0847 e. The smallest absolute Gasteiger partial charge is 0.000600 e. The molecule has 0 bridgehead atoms. The zero-order chi connectivity index (χ0) is 16.8. The van der Waals surface area contributed by atoms with Crippen LogP contribution in [0.2, 0.25) is 0 Å². The third-order valence-corrected chi connectivity index (χ3v) is 6.10. The number of rotatable bonds is 3. The van der Waals surface area contributed by atoms with E-state index in [0.717, 1.165) is 6.42 Å². The summed E-state index contributed by atoms with van der Waals surface area (Å²) in [7, 11) is 0. The number of hydrogen-bond donors (Lipinski definition) is 0. The van der Waals surface area contributed by atoms with E-state index < -0.39 is 0 Å². The van der Waals surface area contributed by atoms with Crippen molar-refractivity contribution in [3.63, 3.8) is 0 Å². The van der Waals surface area contributed by atoms with Crippen LogP contribution in [-0.4, -0.2) is 0 Å². The van der Waals surface area contributed by atoms with E-state index in [1.807, 2.05) is 0 Å². The molecule has 1 fully saturated rings. The molecule has 0 heteroatoms. The maximum absolute atomic E-state index is 2.47. The Morgan fingerprint density at radius 3 is 2.65 bits per heavy atom. The second-order valence-corrected chi connectivity index (χ2v) is 8.36. The summed E-state index contributed by atoms with van der Waals surface area (Å²) in [6.45, 7) is 13.7. The van der Waals surface area contributed by atoms with Gasteiger partial charge in [0.25, 0.3) is 0 Å². The van der Waals surface area contributed by atoms with Gasteiger partial charge in [-0.05, 0) is 72.6 Å². The molecule has 122 valence electrons. The lowest BCUT2D eigenvalue weighted by Gasteiger charge is -2.32. The Labute approximate surface area is 142 Å². The van der Waals surface area contributed by atoms with Crippen molar-refractivity contribution in [3.8, 4) is 0 Å². The predicted molar refractivity (Wildman–Crippen MR) is 102 cm³/mol. The van der Waals surface area contributed by atoms with Gasteiger partial charge < -0.3 is 0 Å². The summed E-state index contributed by atoms with van der Waals surface area (Å²) >= 11 is 0. The summed E-state index contributed by atoms with van der Waals surface area (Å²) in [6, 6.07) is 7.25. The molecule has 0 nitrogen and oxygen atoms in total. The van der Waals surface area contributed by atoms with Crippen molar-refractivity contribution in [2.75, 3.05) is 0 Å². The van der Waals surface area contributed by atoms with Crippen molar-refractivity contribution < 1.29 is 0 Å². The highest BCUT2D eigenvalue weighted by atomic mass is 14.5. The van der Waals surface area contributed by atoms with Crippen molar-refractivity contribution in [2.45, 2.75) is 65.2 Å². The molecule has 2 aliphatic rings. The zero-order valence-corrected chi connectivity index (χ0v) is 15.5. The molecule has 0 amide bonds. The van der Waals surface area contributed by atoms with E-state index in [9.17, 15) is 0 Å². The Bertz CT molecular complexity index is 712. The van der Waals surface area contributed by atoms with E-state index >= 15 is 0 Å². The molecule has 1 aromatic rings. The van der Waals surface area contributed by atoms with Crippen LogP contribution in [-0.2, 0) is 10.8 Å². The van der Waals surface area contributed by atoms with Crippen molar-refractivity contribution in [2.24, 2.45) is 5.92 Å². The van der Waals surface area contributed by atoms with E-state index in [4.69, 9.17) is 0 Å². The Morgan fingerprint density at radius 2 is 1.96 bits per heavy atom. The fourth-order valence-corrected chi connectivity index (χ4v) is 3.82. The molecule has 0 unspecified atom stereocenters. The first-order valence-corrected chi connectivity index (χ1v) is 8.91. The van der Waals surface area contributed by atoms with Gasteiger partial charge in [0.2, 0.25) is 0 Å². The molecule has 0 radical (unpaired) electrons. The Kier molecular flexibility index (Phi) is 3.91. The highest BCUT2D eigenvalue weighted by Gasteiger charge is 2.49. The van der Waals surface area contributed by atoms with Crippen LogP contribution in [0, 0.1) is 5.92 Å². The van der Waals surface area contributed by atoms with Crippen molar-refractivity contribution >= 4 is 5.57 Å². The van der Waals surface area contributed by atoms with Gasteiger partial charge in [0, 0.05) is 0 Å². The number of fused-ring (bicyclic) bond motifs is 1. The lowest BCUT2D eigenvalue weighted by atomic mass is 9.72. The molecular formula is C23H30. The average molecular weight is 306 g/mol. The van der Waals surface area contributed by atoms with Crippen LogP contribution in [0.3, 0.4) is 0 Å². The van der Waals surface area contributed by atoms with E-state index in [0.29, 0.717) is 11.3 Å². The SMILES string of the molecule is C/C=C(C)/C=C/[C@@H]1C[C@]1(C)c1ccc2c(c1)C(C)=CCC2(C)C. The fraction of sp³-hybridized carbons (Fsp3) is 0.478. The van der Waals surface area contributed by atoms with Gasteiger partial charge in [-0.2, -0.15) is 0 Å². The summed E-state index contributed by atoms with van der Waals surface area (Å²) in [5, 5.41) is 0. The summed E-state index contributed by atoms with van der Waals surface area (Å²) in [5.41, 5.74) is 7.88. The van der Waals surface area contributed by atoms with Gasteiger partial charge >= 0.3 is 0 Å². The topological polar surface area (TPSA) is 0 Å². The van der Waals surface area contributed by atoms with Crippen LogP contribution in [0.5, 0.6) is 0 Å². The van der Waals surface area contributed by atoms with Crippen LogP contribution >= 0.6 is 0 Å². The minimum absolute atomic E-state index is 0.264. The normalized spacial score (nSPS) is 29.4. The molecule has 2 atom stereocenters. The number of allylic oxidation sites excluding steroid dienone is 6. The predicted octanol–water partition coefficient (Wildman–Crippen LogP) is 6.57. The molecule has 2 aliphatic carbocycles. The fourth-order valence-electron chi connectivity index (χ4n) is 3.82. The Balaban J connectivity index is 1.91. The lowest BCUT2D eigenvalue weighted by Crippen LogP contribution is -2.21. The maximum Gasteiger partial charge on any atom is -0.000600 e. The molecule has 3 rings (SSSR count). The first-order chi connectivity index (χ1) is 10.8. The van der Waals surface area contributed by atoms with E-state index in [-0.39, 0.29) is 5.41 Å². The Hall–Kier alpha value is -1.56. The summed E-state index contributed by atoms with van der Waals surface area (Å²) in [4.78, 5) is 0. The Morgan fingerprint density at radius 1 is 1.22 bits per heavy atom. The van der Waals surface area contributed by atoms with E-state index in [1.165, 1.54) is 34.3 Å². The van der Waals surface area contributed by atoms with Gasteiger partial charge in [-0.15, -0.1) is 0 Å². The van der Waals surface area contributed by atoms with Crippen LogP contribution in [0.25, 0.3) is 5.57 Å². The quantitative estimate of drug-likeness (QED) is 0.554. The van der Waals surface area contributed by atoms with Gasteiger partial charge in [-0.1, -0.05) is 68.8 Å². The lowest BCUT2D eigenvalue weighted by molar-refractivity contribution is 0.526. The third-order valence-electron chi connectivity index (χ3n) is 6.10. The minimum atomic E-state index is 0.264. The standard InChI is InChI=1S/C23H30/c1-7-16(2)8-9-19-15-23(19,6)18-10-11-21-20(14-18)17(3)12-13-22(21,4)5/h7-12,14,19H,13,15H2,1-6H3/b9-8+,16-7+/t19-,23-/m1/s1. The van der Waals surface area contributed by atoms with Gasteiger partial charge in [-0.25, -0.2) is 0 Å². The first-order valence-electron chi connectivity index (χ1n) is 8.91. The highest BCUT2D eigenvalue weighted by Crippen LogP contribution is 2.55. The van der Waals surface area contributed by atoms with Crippen LogP contribution in [0.4, 0.5) is 0 Å². The molecule has 0 aliphatic heterocycles. The highest BCUT2D eigenvalue weighted by molar-refractivity contribution is 5.71. The monoisotopic (exact) mass is 306 g/mol. The summed E-state index contributed by atoms with van der Waals surface area (Å²) in [6.07, 6.45) is 11.7. The molecule has 23 heavy (non-hydrogen) atoms. The summed E-state index contributed by atoms with van der Waals surface area (Å²) < 4.78 is 0. The van der Waals surface area contributed by atoms with Crippen LogP contribution in [0.15, 0.2) is 48.1 Å². The number of hydrogen-bond acceptors (Lipinski definition) is 0. The molecular weight excluding hydrogens is 276 g/mol. The molecule has 0 heterocycles. The molecule has 1 saturated carbocycles. The third kappa shape index (κ3) is 2.84.